The van der Waals surface area contributed by atoms with E-state index in [2.05, 4.69) is 37.8 Å². The first-order valence-electron chi connectivity index (χ1n) is 24.8. The van der Waals surface area contributed by atoms with Crippen LogP contribution in [0.1, 0.15) is 133 Å². The molecule has 1 amide bonds. The second-order valence-corrected chi connectivity index (χ2v) is 19.4. The Kier molecular flexibility index (Phi) is 21.0. The number of benzene rings is 3. The van der Waals surface area contributed by atoms with Gasteiger partial charge in [-0.25, -0.2) is 4.39 Å². The number of oxime groups is 1. The number of allylic oxidation sites excluding steroid dienone is 1. The summed E-state index contributed by atoms with van der Waals surface area (Å²) in [6.45, 7) is 7.45. The average molecular weight is 927 g/mol. The fourth-order valence-electron chi connectivity index (χ4n) is 10.6. The van der Waals surface area contributed by atoms with E-state index in [1.807, 2.05) is 35.2 Å². The average Bonchev–Trinajstić information content (AvgIpc) is 3.33. The molecule has 0 spiro atoms. The lowest BCUT2D eigenvalue weighted by Crippen LogP contribution is -2.70. The number of halogens is 1. The molecule has 3 aromatic carbocycles. The highest BCUT2D eigenvalue weighted by Crippen LogP contribution is 2.62. The number of ether oxygens (including phenoxy) is 3. The third kappa shape index (κ3) is 13.5. The lowest BCUT2D eigenvalue weighted by molar-refractivity contribution is -0.258. The maximum absolute atomic E-state index is 15.0. The molecule has 3 aromatic rings. The fourth-order valence-corrected chi connectivity index (χ4v) is 11.3. The van der Waals surface area contributed by atoms with Gasteiger partial charge < -0.3 is 34.2 Å². The first kappa shape index (κ1) is 51.2. The van der Waals surface area contributed by atoms with Crippen LogP contribution in [0.15, 0.2) is 107 Å². The Morgan fingerprint density at radius 3 is 2.33 bits per heavy atom. The number of amides is 1. The molecular weight excluding hydrogens is 852 g/mol. The summed E-state index contributed by atoms with van der Waals surface area (Å²) < 4.78 is 35.5. The molecule has 0 bridgehead atoms. The second-order valence-electron chi connectivity index (χ2n) is 18.2. The predicted molar refractivity (Wildman–Crippen MR) is 263 cm³/mol. The van der Waals surface area contributed by atoms with Gasteiger partial charge in [-0.3, -0.25) is 4.79 Å². The Morgan fingerprint density at radius 1 is 0.924 bits per heavy atom. The molecule has 9 nitrogen and oxygen atoms in total. The zero-order chi connectivity index (χ0) is 46.6. The number of rotatable bonds is 30. The Balaban J connectivity index is 1.43. The van der Waals surface area contributed by atoms with Gasteiger partial charge in [0.1, 0.15) is 30.5 Å². The molecule has 2 N–H and O–H groups in total. The number of carbonyl (C=O) groups excluding carboxylic acids is 1. The molecule has 1 aliphatic heterocycles. The first-order valence-corrected chi connectivity index (χ1v) is 25.8. The lowest BCUT2D eigenvalue weighted by Gasteiger charge is -2.60. The normalized spacial score (nSPS) is 22.5. The molecule has 1 saturated carbocycles. The molecule has 0 aromatic heterocycles. The van der Waals surface area contributed by atoms with Crippen molar-refractivity contribution in [1.82, 2.24) is 4.90 Å². The monoisotopic (exact) mass is 927 g/mol. The largest absolute Gasteiger partial charge is 0.493 e. The third-order valence-corrected chi connectivity index (χ3v) is 14.6. The van der Waals surface area contributed by atoms with Crippen LogP contribution in [0.4, 0.5) is 4.39 Å². The van der Waals surface area contributed by atoms with Gasteiger partial charge in [0, 0.05) is 54.7 Å². The molecule has 0 unspecified atom stereocenters. The van der Waals surface area contributed by atoms with Crippen molar-refractivity contribution in [3.05, 3.63) is 114 Å². The highest BCUT2D eigenvalue weighted by molar-refractivity contribution is 7.99. The molecule has 1 heterocycles. The van der Waals surface area contributed by atoms with E-state index in [0.29, 0.717) is 38.0 Å². The van der Waals surface area contributed by atoms with Crippen LogP contribution in [0.2, 0.25) is 0 Å². The molecule has 11 heteroatoms. The van der Waals surface area contributed by atoms with Crippen molar-refractivity contribution in [3.8, 4) is 11.5 Å². The summed E-state index contributed by atoms with van der Waals surface area (Å²) in [7, 11) is 1.56. The molecule has 0 saturated heterocycles. The Morgan fingerprint density at radius 2 is 1.64 bits per heavy atom. The zero-order valence-corrected chi connectivity index (χ0v) is 40.4. The standard InChI is InChI=1S/C55H75FN2O7S/c1-4-6-7-8-9-10-11-12-16-25-52(61)58(40-41-26-28-43(56)29-27-41)51-39-49(57-62-3)47-37-42(21-17-19-32-59)46(24-18-20-33-60)53-48-38-44(63-35-36-66-45-22-14-13-15-23-45)30-31-50(48)65-55(51,54(47)53)64-34-5-2/h5,13-15,22-23,26-31,37-38,42,46,51,53-54,59-60H,2,4,6-12,16-21,24-25,32-36,39-40H2,1,3H3/t42-,46+,51-,53+,54+,55+/m0/s1. The number of unbranched alkanes of at least 4 members (excludes halogenated alkanes) is 10. The Bertz CT molecular complexity index is 2000. The van der Waals surface area contributed by atoms with Gasteiger partial charge in [0.25, 0.3) is 0 Å². The SMILES string of the molecule is C=CCO[C@@]12Oc3ccc(OCCSc4ccccc4)cc3[C@H]3[C@H](CCCCO)[C@@H](CCCCO)C=C(C(=NOC)C[C@@H]1N(Cc1ccc(F)cc1)C(=O)CCCCCCCCCCC)[C@H]32. The summed E-state index contributed by atoms with van der Waals surface area (Å²) in [6.07, 6.45) is 19.7. The van der Waals surface area contributed by atoms with Gasteiger partial charge in [0.15, 0.2) is 0 Å². The van der Waals surface area contributed by atoms with Crippen LogP contribution >= 0.6 is 11.8 Å². The smallest absolute Gasteiger partial charge is 0.239 e. The minimum absolute atomic E-state index is 0.0155. The van der Waals surface area contributed by atoms with Crippen LogP contribution < -0.4 is 9.47 Å². The number of carbonyl (C=O) groups is 1. The zero-order valence-electron chi connectivity index (χ0n) is 39.6. The summed E-state index contributed by atoms with van der Waals surface area (Å²) in [5.41, 5.74) is 3.55. The summed E-state index contributed by atoms with van der Waals surface area (Å²) in [4.78, 5) is 23.8. The minimum atomic E-state index is -1.38. The molecule has 1 fully saturated rings. The molecule has 6 rings (SSSR count). The second kappa shape index (κ2) is 27.0. The molecule has 6 atom stereocenters. The van der Waals surface area contributed by atoms with Gasteiger partial charge in [0.2, 0.25) is 11.7 Å². The highest BCUT2D eigenvalue weighted by Gasteiger charge is 2.65. The Labute approximate surface area is 398 Å². The number of aliphatic hydroxyl groups excluding tert-OH is 2. The number of nitrogens with zero attached hydrogens (tertiary/aromatic N) is 2. The van der Waals surface area contributed by atoms with Gasteiger partial charge in [0.05, 0.1) is 24.8 Å². The number of hydrogen-bond donors (Lipinski definition) is 2. The van der Waals surface area contributed by atoms with E-state index in [9.17, 15) is 14.6 Å². The predicted octanol–water partition coefficient (Wildman–Crippen LogP) is 12.2. The van der Waals surface area contributed by atoms with Gasteiger partial charge in [-0.15, -0.1) is 18.3 Å². The molecule has 3 aliphatic rings. The van der Waals surface area contributed by atoms with Gasteiger partial charge in [-0.05, 0) is 97.5 Å². The number of hydrogen-bond acceptors (Lipinski definition) is 9. The van der Waals surface area contributed by atoms with Crippen molar-refractivity contribution < 1.29 is 38.4 Å². The highest BCUT2D eigenvalue weighted by atomic mass is 32.2. The van der Waals surface area contributed by atoms with Crippen molar-refractivity contribution in [3.63, 3.8) is 0 Å². The molecule has 2 aliphatic carbocycles. The van der Waals surface area contributed by atoms with Crippen molar-refractivity contribution in [2.45, 2.75) is 145 Å². The molecule has 360 valence electrons. The van der Waals surface area contributed by atoms with Crippen molar-refractivity contribution in [2.75, 3.05) is 39.3 Å². The van der Waals surface area contributed by atoms with E-state index < -0.39 is 17.7 Å². The molecular formula is C55H75FN2O7S. The molecule has 0 radical (unpaired) electrons. The van der Waals surface area contributed by atoms with Gasteiger partial charge >= 0.3 is 0 Å². The number of fused-ring (bicyclic) bond motifs is 2. The molecule has 66 heavy (non-hydrogen) atoms. The maximum Gasteiger partial charge on any atom is 0.239 e. The van der Waals surface area contributed by atoms with Crippen LogP contribution in [0.25, 0.3) is 0 Å². The van der Waals surface area contributed by atoms with Gasteiger partial charge in [-0.2, -0.15) is 0 Å². The fraction of sp³-hybridized carbons (Fsp3) is 0.564. The third-order valence-electron chi connectivity index (χ3n) is 13.7. The lowest BCUT2D eigenvalue weighted by atomic mass is 9.55. The van der Waals surface area contributed by atoms with Crippen molar-refractivity contribution in [1.29, 1.82) is 0 Å². The van der Waals surface area contributed by atoms with Crippen molar-refractivity contribution in [2.24, 2.45) is 22.9 Å². The van der Waals surface area contributed by atoms with Crippen LogP contribution in [-0.4, -0.2) is 77.9 Å². The first-order chi connectivity index (χ1) is 32.4. The summed E-state index contributed by atoms with van der Waals surface area (Å²) >= 11 is 1.75. The van der Waals surface area contributed by atoms with E-state index in [4.69, 9.17) is 24.2 Å². The summed E-state index contributed by atoms with van der Waals surface area (Å²) in [6, 6.07) is 22.1. The maximum atomic E-state index is 15.0. The number of aliphatic hydroxyl groups is 2. The van der Waals surface area contributed by atoms with E-state index in [1.165, 1.54) is 55.6 Å². The van der Waals surface area contributed by atoms with Crippen LogP contribution in [-0.2, 0) is 20.9 Å². The summed E-state index contributed by atoms with van der Waals surface area (Å²) in [5.74, 6) is 0.0959. The topological polar surface area (TPSA) is 110 Å². The van der Waals surface area contributed by atoms with E-state index in [0.717, 1.165) is 78.9 Å². The van der Waals surface area contributed by atoms with Crippen LogP contribution in [0.5, 0.6) is 11.5 Å². The van der Waals surface area contributed by atoms with Crippen LogP contribution in [0, 0.1) is 23.6 Å². The minimum Gasteiger partial charge on any atom is -0.493 e. The van der Waals surface area contributed by atoms with E-state index >= 15 is 4.79 Å². The van der Waals surface area contributed by atoms with Gasteiger partial charge in [-0.1, -0.05) is 119 Å². The number of thioether (sulfide) groups is 1. The quantitative estimate of drug-likeness (QED) is 0.0294. The van der Waals surface area contributed by atoms with Crippen molar-refractivity contribution >= 4 is 23.4 Å². The Hall–Kier alpha value is -4.16. The van der Waals surface area contributed by atoms with Crippen LogP contribution in [0.3, 0.4) is 0 Å². The van der Waals surface area contributed by atoms with E-state index in [-0.39, 0.29) is 55.8 Å². The summed E-state index contributed by atoms with van der Waals surface area (Å²) in [5, 5.41) is 24.7. The van der Waals surface area contributed by atoms with E-state index in [1.54, 1.807) is 37.1 Å².